The molecule has 1 unspecified atom stereocenters. The van der Waals surface area contributed by atoms with E-state index in [0.717, 1.165) is 32.4 Å². The number of aromatic carboxylic acids is 1. The van der Waals surface area contributed by atoms with Crippen LogP contribution in [0.5, 0.6) is 0 Å². The summed E-state index contributed by atoms with van der Waals surface area (Å²) in [4.78, 5) is 13.9. The van der Waals surface area contributed by atoms with E-state index in [1.807, 2.05) is 4.90 Å². The summed E-state index contributed by atoms with van der Waals surface area (Å²) in [6.45, 7) is 2.24. The number of carboxylic acids is 1. The van der Waals surface area contributed by atoms with Crippen molar-refractivity contribution in [1.29, 1.82) is 0 Å². The minimum atomic E-state index is -1.04. The molecule has 2 heterocycles. The average molecular weight is 365 g/mol. The Bertz CT molecular complexity index is 729. The van der Waals surface area contributed by atoms with E-state index in [4.69, 9.17) is 20.9 Å². The normalized spacial score (nSPS) is 17.7. The van der Waals surface area contributed by atoms with E-state index < -0.39 is 5.97 Å². The summed E-state index contributed by atoms with van der Waals surface area (Å²) in [5.74, 6) is 0.0870. The van der Waals surface area contributed by atoms with Crippen molar-refractivity contribution in [2.45, 2.75) is 19.3 Å². The number of methoxy groups -OCH3 is 1. The molecule has 0 amide bonds. The molecule has 0 saturated carbocycles. The molecule has 3 rings (SSSR count). The van der Waals surface area contributed by atoms with Gasteiger partial charge < -0.3 is 19.3 Å². The molecule has 25 heavy (non-hydrogen) atoms. The molecule has 0 spiro atoms. The summed E-state index contributed by atoms with van der Waals surface area (Å²) < 4.78 is 10.6. The van der Waals surface area contributed by atoms with Crippen LogP contribution >= 0.6 is 11.6 Å². The van der Waals surface area contributed by atoms with Crippen molar-refractivity contribution in [2.24, 2.45) is 5.92 Å². The molecule has 0 bridgehead atoms. The lowest BCUT2D eigenvalue weighted by Gasteiger charge is -2.32. The molecular formula is C18H21ClN2O4. The maximum atomic E-state index is 11.9. The lowest BCUT2D eigenvalue weighted by molar-refractivity contribution is 0.0697. The number of hydrogen-bond donors (Lipinski definition) is 1. The quantitative estimate of drug-likeness (QED) is 0.836. The van der Waals surface area contributed by atoms with E-state index in [1.54, 1.807) is 31.4 Å². The summed E-state index contributed by atoms with van der Waals surface area (Å²) in [7, 11) is 1.69. The van der Waals surface area contributed by atoms with Crippen LogP contribution in [0.2, 0.25) is 5.02 Å². The van der Waals surface area contributed by atoms with Crippen molar-refractivity contribution < 1.29 is 19.2 Å². The summed E-state index contributed by atoms with van der Waals surface area (Å²) >= 11 is 5.91. The Kier molecular flexibility index (Phi) is 5.60. The largest absolute Gasteiger partial charge is 0.477 e. The highest BCUT2D eigenvalue weighted by Gasteiger charge is 2.30. The average Bonchev–Trinajstić information content (AvgIpc) is 3.06. The fourth-order valence-electron chi connectivity index (χ4n) is 3.27. The molecule has 7 heteroatoms. The Balaban J connectivity index is 1.89. The molecule has 1 aliphatic rings. The minimum Gasteiger partial charge on any atom is -0.477 e. The van der Waals surface area contributed by atoms with Gasteiger partial charge in [-0.05, 0) is 49.4 Å². The van der Waals surface area contributed by atoms with Crippen molar-refractivity contribution in [3.63, 3.8) is 0 Å². The number of benzene rings is 1. The number of anilines is 1. The number of hydrogen-bond acceptors (Lipinski definition) is 5. The number of carboxylic acid groups (broad SMARTS) is 1. The molecule has 1 N–H and O–H groups in total. The number of piperidine rings is 1. The van der Waals surface area contributed by atoms with E-state index >= 15 is 0 Å². The van der Waals surface area contributed by atoms with E-state index in [2.05, 4.69) is 5.16 Å². The van der Waals surface area contributed by atoms with Gasteiger partial charge in [0.25, 0.3) is 0 Å². The zero-order valence-electron chi connectivity index (χ0n) is 14.1. The summed E-state index contributed by atoms with van der Waals surface area (Å²) in [5, 5.41) is 14.4. The maximum Gasteiger partial charge on any atom is 0.343 e. The second kappa shape index (κ2) is 7.89. The van der Waals surface area contributed by atoms with Crippen LogP contribution in [-0.2, 0) is 4.74 Å². The third kappa shape index (κ3) is 3.96. The number of halogens is 1. The zero-order valence-corrected chi connectivity index (χ0v) is 14.8. The van der Waals surface area contributed by atoms with Gasteiger partial charge in [0.05, 0.1) is 0 Å². The summed E-state index contributed by atoms with van der Waals surface area (Å²) in [6.07, 6.45) is 3.07. The number of ether oxygens (including phenoxy) is 1. The molecule has 0 aliphatic carbocycles. The Morgan fingerprint density at radius 1 is 1.44 bits per heavy atom. The van der Waals surface area contributed by atoms with Crippen LogP contribution in [0.4, 0.5) is 5.82 Å². The maximum absolute atomic E-state index is 11.9. The van der Waals surface area contributed by atoms with Crippen LogP contribution in [0.1, 0.15) is 29.6 Å². The third-order valence-corrected chi connectivity index (χ3v) is 4.80. The number of nitrogens with zero attached hydrogens (tertiary/aromatic N) is 2. The molecule has 1 aromatic carbocycles. The molecule has 1 aliphatic heterocycles. The second-order valence-corrected chi connectivity index (χ2v) is 6.69. The van der Waals surface area contributed by atoms with Crippen molar-refractivity contribution in [3.05, 3.63) is 34.9 Å². The zero-order chi connectivity index (χ0) is 17.8. The van der Waals surface area contributed by atoms with E-state index in [1.165, 1.54) is 0 Å². The monoisotopic (exact) mass is 364 g/mol. The highest BCUT2D eigenvalue weighted by atomic mass is 35.5. The van der Waals surface area contributed by atoms with Gasteiger partial charge in [0, 0.05) is 37.4 Å². The van der Waals surface area contributed by atoms with Crippen LogP contribution in [0.3, 0.4) is 0 Å². The predicted octanol–water partition coefficient (Wildman–Crippen LogP) is 3.95. The van der Waals surface area contributed by atoms with Crippen molar-refractivity contribution in [2.75, 3.05) is 31.7 Å². The molecule has 6 nitrogen and oxygen atoms in total. The summed E-state index contributed by atoms with van der Waals surface area (Å²) in [5.41, 5.74) is 0.753. The molecule has 2 aromatic rings. The van der Waals surface area contributed by atoms with Crippen LogP contribution in [-0.4, -0.2) is 43.0 Å². The first-order chi connectivity index (χ1) is 12.1. The highest BCUT2D eigenvalue weighted by Crippen LogP contribution is 2.34. The van der Waals surface area contributed by atoms with Gasteiger partial charge in [0.1, 0.15) is 0 Å². The van der Waals surface area contributed by atoms with Crippen LogP contribution in [0, 0.1) is 5.92 Å². The number of aromatic nitrogens is 1. The van der Waals surface area contributed by atoms with Gasteiger partial charge in [0.15, 0.2) is 17.1 Å². The van der Waals surface area contributed by atoms with Gasteiger partial charge in [-0.3, -0.25) is 0 Å². The standard InChI is InChI=1S/C18H21ClN2O4/c1-24-10-8-12-3-2-9-21(11-12)17-15(18(22)23)16(25-20-17)13-4-6-14(19)7-5-13/h4-7,12H,2-3,8-11H2,1H3,(H,22,23). The van der Waals surface area contributed by atoms with Crippen LogP contribution < -0.4 is 4.90 Å². The SMILES string of the molecule is COCCC1CCCN(c2noc(-c3ccc(Cl)cc3)c2C(=O)O)C1. The molecule has 134 valence electrons. The number of carbonyl (C=O) groups is 1. The molecule has 0 radical (unpaired) electrons. The van der Waals surface area contributed by atoms with Crippen molar-refractivity contribution in [3.8, 4) is 11.3 Å². The first kappa shape index (κ1) is 17.8. The fraction of sp³-hybridized carbons (Fsp3) is 0.444. The molecule has 1 aromatic heterocycles. The van der Waals surface area contributed by atoms with Gasteiger partial charge in [-0.2, -0.15) is 0 Å². The van der Waals surface area contributed by atoms with Crippen LogP contribution in [0.15, 0.2) is 28.8 Å². The highest BCUT2D eigenvalue weighted by molar-refractivity contribution is 6.30. The Labute approximate surface area is 151 Å². The third-order valence-electron chi connectivity index (χ3n) is 4.54. The van der Waals surface area contributed by atoms with E-state index in [-0.39, 0.29) is 11.3 Å². The Morgan fingerprint density at radius 2 is 2.20 bits per heavy atom. The predicted molar refractivity (Wildman–Crippen MR) is 95.3 cm³/mol. The first-order valence-electron chi connectivity index (χ1n) is 8.33. The first-order valence-corrected chi connectivity index (χ1v) is 8.70. The van der Waals surface area contributed by atoms with E-state index in [0.29, 0.717) is 28.9 Å². The molecule has 1 atom stereocenters. The molecule has 1 saturated heterocycles. The Morgan fingerprint density at radius 3 is 2.88 bits per heavy atom. The number of rotatable bonds is 6. The minimum absolute atomic E-state index is 0.106. The summed E-state index contributed by atoms with van der Waals surface area (Å²) in [6, 6.07) is 6.87. The van der Waals surface area contributed by atoms with Gasteiger partial charge in [-0.15, -0.1) is 0 Å². The van der Waals surface area contributed by atoms with Gasteiger partial charge in [0.2, 0.25) is 0 Å². The van der Waals surface area contributed by atoms with E-state index in [9.17, 15) is 9.90 Å². The Hall–Kier alpha value is -2.05. The lowest BCUT2D eigenvalue weighted by atomic mass is 9.95. The van der Waals surface area contributed by atoms with Crippen molar-refractivity contribution in [1.82, 2.24) is 5.16 Å². The van der Waals surface area contributed by atoms with Crippen LogP contribution in [0.25, 0.3) is 11.3 Å². The second-order valence-electron chi connectivity index (χ2n) is 6.26. The fourth-order valence-corrected chi connectivity index (χ4v) is 3.39. The lowest BCUT2D eigenvalue weighted by Crippen LogP contribution is -2.36. The van der Waals surface area contributed by atoms with Crippen molar-refractivity contribution >= 4 is 23.4 Å². The van der Waals surface area contributed by atoms with Gasteiger partial charge >= 0.3 is 5.97 Å². The van der Waals surface area contributed by atoms with Gasteiger partial charge in [-0.1, -0.05) is 16.8 Å². The smallest absolute Gasteiger partial charge is 0.343 e. The molecular weight excluding hydrogens is 344 g/mol. The molecule has 1 fully saturated rings. The topological polar surface area (TPSA) is 75.8 Å². The van der Waals surface area contributed by atoms with Gasteiger partial charge in [-0.25, -0.2) is 4.79 Å².